The summed E-state index contributed by atoms with van der Waals surface area (Å²) in [5.41, 5.74) is 3.28. The molecule has 0 heterocycles. The van der Waals surface area contributed by atoms with Gasteiger partial charge in [-0.25, -0.2) is 8.42 Å². The van der Waals surface area contributed by atoms with Crippen LogP contribution in [-0.2, 0) is 26.2 Å². The number of carbonyl (C=O) groups is 2. The number of carbonyl (C=O) groups excluding carboxylic acids is 2. The Balaban J connectivity index is 1.69. The lowest BCUT2D eigenvalue weighted by molar-refractivity contribution is -0.140. The predicted molar refractivity (Wildman–Crippen MR) is 174 cm³/mol. The molecule has 0 aromatic heterocycles. The lowest BCUT2D eigenvalue weighted by Crippen LogP contribution is -2.54. The molecule has 0 saturated heterocycles. The largest absolute Gasteiger partial charge is 0.494 e. The van der Waals surface area contributed by atoms with E-state index in [1.807, 2.05) is 64.1 Å². The third-order valence-electron chi connectivity index (χ3n) is 8.13. The molecular weight excluding hydrogens is 574 g/mol. The van der Waals surface area contributed by atoms with Gasteiger partial charge >= 0.3 is 0 Å². The average molecular weight is 620 g/mol. The highest BCUT2D eigenvalue weighted by molar-refractivity contribution is 7.92. The first-order valence-electron chi connectivity index (χ1n) is 15.6. The van der Waals surface area contributed by atoms with Gasteiger partial charge in [-0.3, -0.25) is 13.9 Å². The molecule has 3 aromatic rings. The minimum absolute atomic E-state index is 0.0431. The standard InChI is InChI=1S/C35H45N3O5S/c1-5-33(35(40)36-29-10-8-7-9-11-29)37(24-28-16-12-26(3)13-17-28)34(39)25-38(30-18-14-27(4)15-19-30)44(41,42)32-22-20-31(21-23-32)43-6-2/h12-23,29,33H,5-11,24-25H2,1-4H3,(H,36,40). The van der Waals surface area contributed by atoms with Crippen LogP contribution < -0.4 is 14.4 Å². The second kappa shape index (κ2) is 15.2. The molecule has 2 amide bonds. The number of benzene rings is 3. The first-order valence-corrected chi connectivity index (χ1v) is 17.0. The zero-order valence-electron chi connectivity index (χ0n) is 26.3. The minimum atomic E-state index is -4.15. The van der Waals surface area contributed by atoms with Crippen LogP contribution >= 0.6 is 0 Å². The zero-order chi connectivity index (χ0) is 31.7. The summed E-state index contributed by atoms with van der Waals surface area (Å²) in [6, 6.07) is 20.4. The molecule has 1 aliphatic rings. The zero-order valence-corrected chi connectivity index (χ0v) is 27.1. The molecule has 0 radical (unpaired) electrons. The molecule has 8 nitrogen and oxygen atoms in total. The van der Waals surface area contributed by atoms with Crippen LogP contribution in [0, 0.1) is 13.8 Å². The summed E-state index contributed by atoms with van der Waals surface area (Å²) in [4.78, 5) is 29.6. The molecule has 1 N–H and O–H groups in total. The van der Waals surface area contributed by atoms with E-state index in [0.29, 0.717) is 24.5 Å². The fourth-order valence-corrected chi connectivity index (χ4v) is 7.01. The fourth-order valence-electron chi connectivity index (χ4n) is 5.60. The van der Waals surface area contributed by atoms with E-state index in [1.54, 1.807) is 24.3 Å². The van der Waals surface area contributed by atoms with Crippen LogP contribution in [0.1, 0.15) is 69.1 Å². The second-order valence-electron chi connectivity index (χ2n) is 11.5. The highest BCUT2D eigenvalue weighted by Gasteiger charge is 2.34. The number of sulfonamides is 1. The summed E-state index contributed by atoms with van der Waals surface area (Å²) >= 11 is 0. The molecule has 1 atom stereocenters. The summed E-state index contributed by atoms with van der Waals surface area (Å²) in [5, 5.41) is 3.19. The number of ether oxygens (including phenoxy) is 1. The molecule has 4 rings (SSSR count). The number of rotatable bonds is 13. The second-order valence-corrected chi connectivity index (χ2v) is 13.4. The van der Waals surface area contributed by atoms with Crippen LogP contribution in [0.4, 0.5) is 5.69 Å². The number of nitrogens with zero attached hydrogens (tertiary/aromatic N) is 2. The van der Waals surface area contributed by atoms with Crippen LogP contribution in [0.25, 0.3) is 0 Å². The van der Waals surface area contributed by atoms with E-state index >= 15 is 0 Å². The normalized spacial score (nSPS) is 14.5. The van der Waals surface area contributed by atoms with E-state index < -0.39 is 28.5 Å². The number of anilines is 1. The molecule has 0 aliphatic heterocycles. The molecule has 1 saturated carbocycles. The third kappa shape index (κ3) is 8.40. The number of nitrogens with one attached hydrogen (secondary N) is 1. The summed E-state index contributed by atoms with van der Waals surface area (Å²) in [6.45, 7) is 7.83. The van der Waals surface area contributed by atoms with Crippen molar-refractivity contribution in [3.8, 4) is 5.75 Å². The van der Waals surface area contributed by atoms with E-state index in [2.05, 4.69) is 5.32 Å². The van der Waals surface area contributed by atoms with Crippen LogP contribution in [0.3, 0.4) is 0 Å². The summed E-state index contributed by atoms with van der Waals surface area (Å²) in [5.74, 6) is -0.0918. The van der Waals surface area contributed by atoms with Gasteiger partial charge in [0.1, 0.15) is 18.3 Å². The summed E-state index contributed by atoms with van der Waals surface area (Å²) in [6.07, 6.45) is 5.56. The number of amides is 2. The molecule has 1 unspecified atom stereocenters. The lowest BCUT2D eigenvalue weighted by Gasteiger charge is -2.34. The quantitative estimate of drug-likeness (QED) is 0.248. The van der Waals surface area contributed by atoms with E-state index in [-0.39, 0.29) is 23.4 Å². The van der Waals surface area contributed by atoms with Gasteiger partial charge in [0.25, 0.3) is 10.0 Å². The Labute approximate surface area is 262 Å². The summed E-state index contributed by atoms with van der Waals surface area (Å²) < 4.78 is 34.9. The Kier molecular flexibility index (Phi) is 11.4. The van der Waals surface area contributed by atoms with Crippen molar-refractivity contribution in [2.24, 2.45) is 0 Å². The maximum absolute atomic E-state index is 14.3. The molecule has 1 fully saturated rings. The van der Waals surface area contributed by atoms with Crippen LogP contribution in [0.5, 0.6) is 5.75 Å². The monoisotopic (exact) mass is 619 g/mol. The van der Waals surface area contributed by atoms with Gasteiger partial charge in [0.05, 0.1) is 17.2 Å². The predicted octanol–water partition coefficient (Wildman–Crippen LogP) is 6.15. The van der Waals surface area contributed by atoms with Crippen LogP contribution in [0.15, 0.2) is 77.7 Å². The van der Waals surface area contributed by atoms with Crippen molar-refractivity contribution in [1.29, 1.82) is 0 Å². The first kappa shape index (κ1) is 33.1. The maximum atomic E-state index is 14.3. The van der Waals surface area contributed by atoms with E-state index in [4.69, 9.17) is 4.74 Å². The molecule has 0 spiro atoms. The smallest absolute Gasteiger partial charge is 0.264 e. The number of hydrogen-bond donors (Lipinski definition) is 1. The maximum Gasteiger partial charge on any atom is 0.264 e. The fraction of sp³-hybridized carbons (Fsp3) is 0.429. The van der Waals surface area contributed by atoms with E-state index in [1.165, 1.54) is 23.5 Å². The van der Waals surface area contributed by atoms with Gasteiger partial charge in [-0.05, 0) is 82.0 Å². The minimum Gasteiger partial charge on any atom is -0.494 e. The van der Waals surface area contributed by atoms with Crippen molar-refractivity contribution in [1.82, 2.24) is 10.2 Å². The summed E-state index contributed by atoms with van der Waals surface area (Å²) in [7, 11) is -4.15. The van der Waals surface area contributed by atoms with E-state index in [9.17, 15) is 18.0 Å². The van der Waals surface area contributed by atoms with Gasteiger partial charge in [0.2, 0.25) is 11.8 Å². The molecular formula is C35H45N3O5S. The van der Waals surface area contributed by atoms with Crippen molar-refractivity contribution >= 4 is 27.5 Å². The number of aryl methyl sites for hydroxylation is 2. The van der Waals surface area contributed by atoms with Gasteiger partial charge in [-0.1, -0.05) is 73.7 Å². The van der Waals surface area contributed by atoms with Gasteiger partial charge in [0, 0.05) is 12.6 Å². The third-order valence-corrected chi connectivity index (χ3v) is 9.92. The lowest BCUT2D eigenvalue weighted by atomic mass is 9.95. The number of hydrogen-bond acceptors (Lipinski definition) is 5. The Morgan fingerprint density at radius 1 is 0.864 bits per heavy atom. The van der Waals surface area contributed by atoms with Crippen LogP contribution in [-0.4, -0.2) is 50.4 Å². The van der Waals surface area contributed by atoms with Gasteiger partial charge in [-0.15, -0.1) is 0 Å². The van der Waals surface area contributed by atoms with Gasteiger partial charge < -0.3 is 15.0 Å². The highest BCUT2D eigenvalue weighted by Crippen LogP contribution is 2.27. The molecule has 0 bridgehead atoms. The van der Waals surface area contributed by atoms with Gasteiger partial charge in [0.15, 0.2) is 0 Å². The van der Waals surface area contributed by atoms with Crippen molar-refractivity contribution in [3.05, 3.63) is 89.5 Å². The van der Waals surface area contributed by atoms with Crippen molar-refractivity contribution in [3.63, 3.8) is 0 Å². The topological polar surface area (TPSA) is 96.0 Å². The molecule has 236 valence electrons. The van der Waals surface area contributed by atoms with Crippen LogP contribution in [0.2, 0.25) is 0 Å². The SMILES string of the molecule is CCOc1ccc(S(=O)(=O)N(CC(=O)N(Cc2ccc(C)cc2)C(CC)C(=O)NC2CCCCC2)c2ccc(C)cc2)cc1. The molecule has 1 aliphatic carbocycles. The Bertz CT molecular complexity index is 1480. The highest BCUT2D eigenvalue weighted by atomic mass is 32.2. The van der Waals surface area contributed by atoms with Crippen molar-refractivity contribution < 1.29 is 22.7 Å². The Hall–Kier alpha value is -3.85. The first-order chi connectivity index (χ1) is 21.1. The Morgan fingerprint density at radius 2 is 1.45 bits per heavy atom. The molecule has 9 heteroatoms. The van der Waals surface area contributed by atoms with Crippen molar-refractivity contribution in [2.75, 3.05) is 17.5 Å². The Morgan fingerprint density at radius 3 is 2.02 bits per heavy atom. The molecule has 44 heavy (non-hydrogen) atoms. The van der Waals surface area contributed by atoms with E-state index in [0.717, 1.165) is 46.7 Å². The van der Waals surface area contributed by atoms with Crippen molar-refractivity contribution in [2.45, 2.75) is 89.7 Å². The molecule has 3 aromatic carbocycles. The average Bonchev–Trinajstić information content (AvgIpc) is 3.02. The van der Waals surface area contributed by atoms with Gasteiger partial charge in [-0.2, -0.15) is 0 Å².